The van der Waals surface area contributed by atoms with E-state index in [0.29, 0.717) is 11.6 Å². The van der Waals surface area contributed by atoms with E-state index in [1.807, 2.05) is 0 Å². The Morgan fingerprint density at radius 1 is 1.47 bits per heavy atom. The number of ether oxygens (including phenoxy) is 2. The highest BCUT2D eigenvalue weighted by atomic mass is 16.6. The van der Waals surface area contributed by atoms with Gasteiger partial charge in [-0.15, -0.1) is 0 Å². The molecule has 7 heteroatoms. The fourth-order valence-corrected chi connectivity index (χ4v) is 2.70. The minimum atomic E-state index is -0.470. The van der Waals surface area contributed by atoms with E-state index in [9.17, 15) is 10.1 Å². The van der Waals surface area contributed by atoms with Crippen molar-refractivity contribution in [3.05, 3.63) is 22.4 Å². The van der Waals surface area contributed by atoms with Gasteiger partial charge in [0.15, 0.2) is 11.6 Å². The van der Waals surface area contributed by atoms with E-state index in [4.69, 9.17) is 9.47 Å². The molecule has 0 spiro atoms. The van der Waals surface area contributed by atoms with Crippen molar-refractivity contribution < 1.29 is 14.4 Å². The molecule has 0 aliphatic carbocycles. The number of aromatic nitrogens is 1. The zero-order valence-corrected chi connectivity index (χ0v) is 10.6. The van der Waals surface area contributed by atoms with Crippen molar-refractivity contribution in [2.45, 2.75) is 25.0 Å². The average Bonchev–Trinajstić information content (AvgIpc) is 2.76. The summed E-state index contributed by atoms with van der Waals surface area (Å²) in [6.07, 6.45) is 3.88. The summed E-state index contributed by atoms with van der Waals surface area (Å²) in [5, 5.41) is 10.7. The fourth-order valence-electron chi connectivity index (χ4n) is 2.70. The summed E-state index contributed by atoms with van der Waals surface area (Å²) in [6.45, 7) is 1.52. The maximum absolute atomic E-state index is 10.7. The average molecular weight is 265 g/mol. The monoisotopic (exact) mass is 265 g/mol. The minimum absolute atomic E-state index is 0.0585. The normalized spacial score (nSPS) is 25.4. The Bertz CT molecular complexity index is 496. The van der Waals surface area contributed by atoms with Crippen LogP contribution in [0.1, 0.15) is 12.8 Å². The summed E-state index contributed by atoms with van der Waals surface area (Å²) in [6, 6.07) is 1.42. The second-order valence-electron chi connectivity index (χ2n) is 4.84. The third-order valence-corrected chi connectivity index (χ3v) is 3.59. The van der Waals surface area contributed by atoms with Gasteiger partial charge in [0, 0.05) is 13.1 Å². The van der Waals surface area contributed by atoms with E-state index in [1.54, 1.807) is 0 Å². The minimum Gasteiger partial charge on any atom is -0.493 e. The standard InChI is InChI=1S/C12H15N3O4/c1-18-11-4-8(15(16)17)5-13-12(11)14-6-9-2-3-10(7-14)19-9/h4-5,9-10H,2-3,6-7H2,1H3. The third kappa shape index (κ3) is 2.21. The lowest BCUT2D eigenvalue weighted by molar-refractivity contribution is -0.385. The molecule has 2 unspecified atom stereocenters. The lowest BCUT2D eigenvalue weighted by Gasteiger charge is -2.33. The first-order chi connectivity index (χ1) is 9.17. The molecule has 3 heterocycles. The lowest BCUT2D eigenvalue weighted by atomic mass is 10.2. The molecule has 3 rings (SSSR count). The van der Waals surface area contributed by atoms with E-state index in [0.717, 1.165) is 25.9 Å². The van der Waals surface area contributed by atoms with Crippen LogP contribution in [0.2, 0.25) is 0 Å². The summed E-state index contributed by atoms with van der Waals surface area (Å²) >= 11 is 0. The zero-order chi connectivity index (χ0) is 13.4. The second kappa shape index (κ2) is 4.65. The van der Waals surface area contributed by atoms with Gasteiger partial charge >= 0.3 is 0 Å². The number of rotatable bonds is 3. The Morgan fingerprint density at radius 2 is 2.16 bits per heavy atom. The Labute approximate surface area is 110 Å². The Kier molecular flexibility index (Phi) is 2.98. The van der Waals surface area contributed by atoms with Gasteiger partial charge in [-0.25, -0.2) is 4.98 Å². The first-order valence-electron chi connectivity index (χ1n) is 6.26. The van der Waals surface area contributed by atoms with Gasteiger partial charge < -0.3 is 14.4 Å². The molecule has 2 fully saturated rings. The second-order valence-corrected chi connectivity index (χ2v) is 4.84. The molecule has 2 atom stereocenters. The van der Waals surface area contributed by atoms with Gasteiger partial charge in [-0.05, 0) is 12.8 Å². The molecule has 7 nitrogen and oxygen atoms in total. The molecule has 1 aromatic heterocycles. The van der Waals surface area contributed by atoms with Crippen molar-refractivity contribution in [1.29, 1.82) is 0 Å². The van der Waals surface area contributed by atoms with E-state index >= 15 is 0 Å². The smallest absolute Gasteiger partial charge is 0.291 e. The van der Waals surface area contributed by atoms with Crippen molar-refractivity contribution in [2.24, 2.45) is 0 Å². The molecule has 0 radical (unpaired) electrons. The van der Waals surface area contributed by atoms with Crippen LogP contribution in [0.4, 0.5) is 11.5 Å². The fraction of sp³-hybridized carbons (Fsp3) is 0.583. The van der Waals surface area contributed by atoms with E-state index < -0.39 is 4.92 Å². The quantitative estimate of drug-likeness (QED) is 0.606. The van der Waals surface area contributed by atoms with Crippen molar-refractivity contribution in [3.8, 4) is 5.75 Å². The number of pyridine rings is 1. The highest BCUT2D eigenvalue weighted by Crippen LogP contribution is 2.34. The Hall–Kier alpha value is -1.89. The number of morpholine rings is 1. The topological polar surface area (TPSA) is 77.7 Å². The van der Waals surface area contributed by atoms with Crippen LogP contribution in [0.5, 0.6) is 5.75 Å². The highest BCUT2D eigenvalue weighted by Gasteiger charge is 2.35. The van der Waals surface area contributed by atoms with Crippen molar-refractivity contribution >= 4 is 11.5 Å². The largest absolute Gasteiger partial charge is 0.493 e. The molecule has 2 aliphatic rings. The number of methoxy groups -OCH3 is 1. The van der Waals surface area contributed by atoms with Crippen molar-refractivity contribution in [3.63, 3.8) is 0 Å². The first kappa shape index (κ1) is 12.2. The first-order valence-corrected chi connectivity index (χ1v) is 6.26. The number of nitrogens with zero attached hydrogens (tertiary/aromatic N) is 3. The van der Waals surface area contributed by atoms with Crippen molar-refractivity contribution in [2.75, 3.05) is 25.1 Å². The Balaban J connectivity index is 1.89. The number of anilines is 1. The molecule has 0 amide bonds. The lowest BCUT2D eigenvalue weighted by Crippen LogP contribution is -2.43. The van der Waals surface area contributed by atoms with Crippen LogP contribution in [-0.2, 0) is 4.74 Å². The van der Waals surface area contributed by atoms with Crippen LogP contribution in [0, 0.1) is 10.1 Å². The molecule has 0 saturated carbocycles. The molecular formula is C12H15N3O4. The summed E-state index contributed by atoms with van der Waals surface area (Å²) < 4.78 is 11.0. The van der Waals surface area contributed by atoms with Crippen LogP contribution >= 0.6 is 0 Å². The molecule has 0 N–H and O–H groups in total. The predicted molar refractivity (Wildman–Crippen MR) is 67.6 cm³/mol. The Morgan fingerprint density at radius 3 is 2.74 bits per heavy atom. The van der Waals surface area contributed by atoms with Gasteiger partial charge in [-0.1, -0.05) is 0 Å². The molecular weight excluding hydrogens is 250 g/mol. The maximum Gasteiger partial charge on any atom is 0.291 e. The number of nitro groups is 1. The van der Waals surface area contributed by atoms with Gasteiger partial charge in [-0.3, -0.25) is 10.1 Å². The molecule has 0 aromatic carbocycles. The SMILES string of the molecule is COc1cc([N+](=O)[O-])cnc1N1CC2CCC(C1)O2. The molecule has 2 aliphatic heterocycles. The van der Waals surface area contributed by atoms with Crippen LogP contribution in [0.3, 0.4) is 0 Å². The molecule has 1 aromatic rings. The summed E-state index contributed by atoms with van der Waals surface area (Å²) in [5.41, 5.74) is -0.0585. The summed E-state index contributed by atoms with van der Waals surface area (Å²) in [5.74, 6) is 1.10. The maximum atomic E-state index is 10.7. The van der Waals surface area contributed by atoms with Crippen molar-refractivity contribution in [1.82, 2.24) is 4.98 Å². The third-order valence-electron chi connectivity index (χ3n) is 3.59. The summed E-state index contributed by atoms with van der Waals surface area (Å²) in [7, 11) is 1.50. The van der Waals surface area contributed by atoms with E-state index in [-0.39, 0.29) is 17.9 Å². The number of fused-ring (bicyclic) bond motifs is 2. The predicted octanol–water partition coefficient (Wildman–Crippen LogP) is 1.37. The number of hydrogen-bond acceptors (Lipinski definition) is 6. The van der Waals surface area contributed by atoms with Crippen LogP contribution in [-0.4, -0.2) is 42.3 Å². The molecule has 19 heavy (non-hydrogen) atoms. The van der Waals surface area contributed by atoms with Crippen LogP contribution in [0.15, 0.2) is 12.3 Å². The highest BCUT2D eigenvalue weighted by molar-refractivity contribution is 5.56. The van der Waals surface area contributed by atoms with Gasteiger partial charge in [0.25, 0.3) is 5.69 Å². The number of hydrogen-bond donors (Lipinski definition) is 0. The van der Waals surface area contributed by atoms with Gasteiger partial charge in [-0.2, -0.15) is 0 Å². The van der Waals surface area contributed by atoms with E-state index in [1.165, 1.54) is 19.4 Å². The summed E-state index contributed by atoms with van der Waals surface area (Å²) in [4.78, 5) is 16.6. The molecule has 2 bridgehead atoms. The van der Waals surface area contributed by atoms with E-state index in [2.05, 4.69) is 9.88 Å². The zero-order valence-electron chi connectivity index (χ0n) is 10.6. The van der Waals surface area contributed by atoms with Gasteiger partial charge in [0.05, 0.1) is 30.3 Å². The molecule has 102 valence electrons. The van der Waals surface area contributed by atoms with Gasteiger partial charge in [0.2, 0.25) is 0 Å². The van der Waals surface area contributed by atoms with Crippen LogP contribution < -0.4 is 9.64 Å². The molecule has 2 saturated heterocycles. The van der Waals surface area contributed by atoms with Gasteiger partial charge in [0.1, 0.15) is 6.20 Å². The van der Waals surface area contributed by atoms with Crippen LogP contribution in [0.25, 0.3) is 0 Å².